The van der Waals surface area contributed by atoms with Crippen molar-refractivity contribution < 1.29 is 29.0 Å². The number of aliphatic hydroxyl groups excluding tert-OH is 1. The van der Waals surface area contributed by atoms with Crippen LogP contribution in [0.2, 0.25) is 0 Å². The number of ether oxygens (including phenoxy) is 1. The van der Waals surface area contributed by atoms with Gasteiger partial charge in [-0.05, 0) is 53.4 Å². The third-order valence-corrected chi connectivity index (χ3v) is 12.1. The first kappa shape index (κ1) is 46.7. The average Bonchev–Trinajstić information content (AvgIpc) is 3.83. The van der Waals surface area contributed by atoms with Gasteiger partial charge in [-0.25, -0.2) is 14.6 Å². The highest BCUT2D eigenvalue weighted by Gasteiger charge is 2.44. The molecule has 0 aliphatic carbocycles. The number of amides is 5. The molecule has 0 spiro atoms. The number of nitrogens with one attached hydrogen (secondary N) is 3. The zero-order valence-corrected chi connectivity index (χ0v) is 37.8. The second kappa shape index (κ2) is 20.5. The van der Waals surface area contributed by atoms with E-state index >= 15 is 0 Å². The van der Waals surface area contributed by atoms with Gasteiger partial charge in [0.1, 0.15) is 12.1 Å². The molecule has 3 heterocycles. The maximum atomic E-state index is 14.6. The molecule has 4 N–H and O–H groups in total. The highest BCUT2D eigenvalue weighted by atomic mass is 32.1. The van der Waals surface area contributed by atoms with Gasteiger partial charge in [-0.2, -0.15) is 0 Å². The van der Waals surface area contributed by atoms with Gasteiger partial charge < -0.3 is 35.6 Å². The molecule has 1 aliphatic heterocycles. The maximum absolute atomic E-state index is 14.6. The van der Waals surface area contributed by atoms with Crippen molar-refractivity contribution in [3.8, 4) is 11.3 Å². The van der Waals surface area contributed by atoms with Crippen molar-refractivity contribution in [1.82, 2.24) is 35.7 Å². The van der Waals surface area contributed by atoms with E-state index < -0.39 is 53.1 Å². The number of alkyl carbamates (subject to hydrolysis) is 1. The Labute approximate surface area is 364 Å². The molecule has 1 fully saturated rings. The Morgan fingerprint density at radius 3 is 2.10 bits per heavy atom. The van der Waals surface area contributed by atoms with Crippen LogP contribution in [-0.2, 0) is 33.7 Å². The SMILES string of the molecule is COC(=O)NC(C(=O)N[C@@H](Cc1ccc(-c2ccccn2)cc1)[C@@H](O)C[C@H](Cc1ccccc1)NC(=O)C(N1CCN(Cc2csc(C(C)C)n2)C1=O)C(C)(C)C)C(C)(C)C. The van der Waals surface area contributed by atoms with Crippen molar-refractivity contribution in [2.24, 2.45) is 10.8 Å². The Morgan fingerprint density at radius 1 is 0.836 bits per heavy atom. The zero-order valence-electron chi connectivity index (χ0n) is 37.0. The van der Waals surface area contributed by atoms with Crippen LogP contribution in [0.25, 0.3) is 11.3 Å². The molecule has 0 radical (unpaired) electrons. The van der Waals surface area contributed by atoms with Gasteiger partial charge in [-0.3, -0.25) is 14.6 Å². The molecule has 5 rings (SSSR count). The van der Waals surface area contributed by atoms with E-state index in [1.54, 1.807) is 27.3 Å². The highest BCUT2D eigenvalue weighted by Crippen LogP contribution is 2.30. The van der Waals surface area contributed by atoms with Crippen molar-refractivity contribution >= 4 is 35.3 Å². The minimum absolute atomic E-state index is 0.0706. The first-order chi connectivity index (χ1) is 28.8. The van der Waals surface area contributed by atoms with E-state index in [1.807, 2.05) is 120 Å². The van der Waals surface area contributed by atoms with E-state index in [2.05, 4.69) is 34.8 Å². The molecule has 2 unspecified atom stereocenters. The number of hydrogen-bond acceptors (Lipinski definition) is 9. The minimum atomic E-state index is -1.15. The molecule has 14 heteroatoms. The summed E-state index contributed by atoms with van der Waals surface area (Å²) in [6, 6.07) is 19.7. The molecule has 5 atom stereocenters. The predicted octanol–water partition coefficient (Wildman–Crippen LogP) is 6.96. The Hall–Kier alpha value is -5.34. The average molecular weight is 854 g/mol. The van der Waals surface area contributed by atoms with Crippen LogP contribution in [0, 0.1) is 10.8 Å². The molecule has 61 heavy (non-hydrogen) atoms. The third kappa shape index (κ3) is 12.8. The molecule has 13 nitrogen and oxygen atoms in total. The van der Waals surface area contributed by atoms with Crippen LogP contribution in [0.5, 0.6) is 0 Å². The van der Waals surface area contributed by atoms with E-state index in [0.29, 0.717) is 32.0 Å². The molecule has 2 aromatic heterocycles. The smallest absolute Gasteiger partial charge is 0.407 e. The van der Waals surface area contributed by atoms with Crippen LogP contribution >= 0.6 is 11.3 Å². The van der Waals surface area contributed by atoms with Gasteiger partial charge in [-0.15, -0.1) is 11.3 Å². The molecule has 1 aliphatic rings. The van der Waals surface area contributed by atoms with Crippen molar-refractivity contribution in [2.75, 3.05) is 20.2 Å². The number of hydrogen-bond donors (Lipinski definition) is 4. The van der Waals surface area contributed by atoms with Crippen LogP contribution in [0.15, 0.2) is 84.4 Å². The Bertz CT molecular complexity index is 2060. The summed E-state index contributed by atoms with van der Waals surface area (Å²) in [5.74, 6) is -0.522. The fourth-order valence-electron chi connectivity index (χ4n) is 7.67. The standard InChI is InChI=1S/C47H63N7O6S/c1-30(2)43-50-35(29-61-43)28-53-23-24-54(45(53)59)40(47(6,7)8)42(57)49-34(25-31-15-11-10-12-16-31)27-38(55)37(51-41(56)39(46(3,4)5)52-44(58)60-9)26-32-18-20-33(21-19-32)36-17-13-14-22-48-36/h10-22,29-30,34,37-40,55H,23-28H2,1-9H3,(H,49,57)(H,51,56)(H,52,58)/t34-,37-,38-,39?,40?/m0/s1. The number of urea groups is 1. The lowest BCUT2D eigenvalue weighted by Gasteiger charge is -2.38. The summed E-state index contributed by atoms with van der Waals surface area (Å²) in [6.45, 7) is 16.7. The molecule has 4 aromatic rings. The summed E-state index contributed by atoms with van der Waals surface area (Å²) in [7, 11) is 1.24. The number of pyridine rings is 1. The minimum Gasteiger partial charge on any atom is -0.453 e. The number of thiazole rings is 1. The zero-order chi connectivity index (χ0) is 44.5. The number of aromatic nitrogens is 2. The summed E-state index contributed by atoms with van der Waals surface area (Å²) >= 11 is 1.59. The van der Waals surface area contributed by atoms with E-state index in [1.165, 1.54) is 7.11 Å². The molecule has 0 saturated carbocycles. The van der Waals surface area contributed by atoms with Gasteiger partial charge in [0.2, 0.25) is 11.8 Å². The highest BCUT2D eigenvalue weighted by molar-refractivity contribution is 7.09. The first-order valence-corrected chi connectivity index (χ1v) is 21.9. The van der Waals surface area contributed by atoms with Crippen LogP contribution in [0.4, 0.5) is 9.59 Å². The van der Waals surface area contributed by atoms with Gasteiger partial charge in [-0.1, -0.05) is 116 Å². The summed E-state index contributed by atoms with van der Waals surface area (Å²) in [4.78, 5) is 67.7. The van der Waals surface area contributed by atoms with Crippen LogP contribution in [0.1, 0.15) is 89.6 Å². The van der Waals surface area contributed by atoms with Crippen molar-refractivity contribution in [3.63, 3.8) is 0 Å². The number of methoxy groups -OCH3 is 1. The summed E-state index contributed by atoms with van der Waals surface area (Å²) in [5, 5.41) is 24.2. The second-order valence-corrected chi connectivity index (χ2v) is 19.3. The number of carbonyl (C=O) groups excluding carboxylic acids is 4. The van der Waals surface area contributed by atoms with Crippen LogP contribution < -0.4 is 16.0 Å². The van der Waals surface area contributed by atoms with E-state index in [-0.39, 0.29) is 24.8 Å². The topological polar surface area (TPSA) is 166 Å². The Morgan fingerprint density at radius 2 is 1.51 bits per heavy atom. The van der Waals surface area contributed by atoms with Gasteiger partial charge in [0.25, 0.3) is 0 Å². The fraction of sp³-hybridized carbons (Fsp3) is 0.489. The normalized spacial score (nSPS) is 15.8. The number of rotatable bonds is 17. The molecule has 5 amide bonds. The predicted molar refractivity (Wildman–Crippen MR) is 239 cm³/mol. The van der Waals surface area contributed by atoms with Crippen molar-refractivity contribution in [1.29, 1.82) is 0 Å². The molecule has 0 bridgehead atoms. The lowest BCUT2D eigenvalue weighted by Crippen LogP contribution is -2.59. The Kier molecular flexibility index (Phi) is 15.7. The maximum Gasteiger partial charge on any atom is 0.407 e. The number of aliphatic hydroxyl groups is 1. The number of benzene rings is 2. The largest absolute Gasteiger partial charge is 0.453 e. The van der Waals surface area contributed by atoms with E-state index in [4.69, 9.17) is 9.72 Å². The van der Waals surface area contributed by atoms with Crippen LogP contribution in [-0.4, -0.2) is 99.3 Å². The van der Waals surface area contributed by atoms with Crippen molar-refractivity contribution in [3.05, 3.63) is 106 Å². The van der Waals surface area contributed by atoms with E-state index in [9.17, 15) is 24.3 Å². The summed E-state index contributed by atoms with van der Waals surface area (Å²) in [6.07, 6.45) is 0.531. The fourth-order valence-corrected chi connectivity index (χ4v) is 8.50. The second-order valence-electron chi connectivity index (χ2n) is 18.4. The Balaban J connectivity index is 1.41. The quantitative estimate of drug-likeness (QED) is 0.0886. The molecule has 1 saturated heterocycles. The molecular formula is C47H63N7O6S. The van der Waals surface area contributed by atoms with Crippen molar-refractivity contribution in [2.45, 2.75) is 117 Å². The third-order valence-electron chi connectivity index (χ3n) is 10.9. The molecule has 2 aromatic carbocycles. The van der Waals surface area contributed by atoms with Gasteiger partial charge in [0.15, 0.2) is 0 Å². The number of nitrogens with zero attached hydrogens (tertiary/aromatic N) is 4. The number of carbonyl (C=O) groups is 4. The van der Waals surface area contributed by atoms with E-state index in [0.717, 1.165) is 33.1 Å². The summed E-state index contributed by atoms with van der Waals surface area (Å²) in [5.41, 5.74) is 3.02. The lowest BCUT2D eigenvalue weighted by atomic mass is 9.84. The first-order valence-electron chi connectivity index (χ1n) is 21.0. The summed E-state index contributed by atoms with van der Waals surface area (Å²) < 4.78 is 4.84. The molecular weight excluding hydrogens is 791 g/mol. The van der Waals surface area contributed by atoms with Gasteiger partial charge >= 0.3 is 12.1 Å². The van der Waals surface area contributed by atoms with Gasteiger partial charge in [0.05, 0.1) is 42.2 Å². The van der Waals surface area contributed by atoms with Crippen LogP contribution in [0.3, 0.4) is 0 Å². The van der Waals surface area contributed by atoms with Gasteiger partial charge in [0, 0.05) is 42.2 Å². The monoisotopic (exact) mass is 853 g/mol. The lowest BCUT2D eigenvalue weighted by molar-refractivity contribution is -0.130. The molecule has 328 valence electrons.